The molecule has 0 fully saturated rings. The Hall–Kier alpha value is -3.46. The first-order valence-corrected chi connectivity index (χ1v) is 10.8. The van der Waals surface area contributed by atoms with E-state index >= 15 is 0 Å². The van der Waals surface area contributed by atoms with E-state index in [0.29, 0.717) is 22.2 Å². The third-order valence-electron chi connectivity index (χ3n) is 5.30. The maximum absolute atomic E-state index is 9.46. The van der Waals surface area contributed by atoms with Gasteiger partial charge < -0.3 is 26.6 Å². The number of hydrogen-bond acceptors (Lipinski definition) is 8. The highest BCUT2D eigenvalue weighted by Gasteiger charge is 2.15. The predicted octanol–water partition coefficient (Wildman–Crippen LogP) is 4.05. The van der Waals surface area contributed by atoms with Crippen LogP contribution in [0.3, 0.4) is 0 Å². The molecule has 9 heteroatoms. The van der Waals surface area contributed by atoms with Gasteiger partial charge in [0.15, 0.2) is 0 Å². The number of aromatic nitrogens is 3. The van der Waals surface area contributed by atoms with Crippen LogP contribution in [0.15, 0.2) is 48.8 Å². The quantitative estimate of drug-likeness (QED) is 0.277. The fourth-order valence-corrected chi connectivity index (χ4v) is 3.60. The molecule has 8 nitrogen and oxygen atoms in total. The van der Waals surface area contributed by atoms with Crippen LogP contribution in [0.2, 0.25) is 5.02 Å². The van der Waals surface area contributed by atoms with E-state index in [2.05, 4.69) is 43.8 Å². The number of aliphatic hydroxyl groups excluding tert-OH is 2. The fourth-order valence-electron chi connectivity index (χ4n) is 3.41. The molecule has 4 rings (SSSR count). The van der Waals surface area contributed by atoms with Crippen molar-refractivity contribution in [3.63, 3.8) is 0 Å². The Morgan fingerprint density at radius 1 is 1.06 bits per heavy atom. The molecule has 0 aliphatic carbocycles. The number of pyridine rings is 1. The van der Waals surface area contributed by atoms with Crippen molar-refractivity contribution in [2.45, 2.75) is 20.0 Å². The van der Waals surface area contributed by atoms with Gasteiger partial charge in [0.25, 0.3) is 0 Å². The van der Waals surface area contributed by atoms with Crippen LogP contribution < -0.4 is 16.4 Å². The average Bonchev–Trinajstić information content (AvgIpc) is 2.82. The van der Waals surface area contributed by atoms with Gasteiger partial charge in [0, 0.05) is 35.6 Å². The van der Waals surface area contributed by atoms with E-state index in [9.17, 15) is 5.11 Å². The number of aliphatic hydroxyl groups is 2. The van der Waals surface area contributed by atoms with Crippen LogP contribution in [0.25, 0.3) is 22.0 Å². The van der Waals surface area contributed by atoms with Crippen LogP contribution in [-0.2, 0) is 0 Å². The molecule has 0 aliphatic rings. The highest BCUT2D eigenvalue weighted by molar-refractivity contribution is 6.37. The van der Waals surface area contributed by atoms with Gasteiger partial charge in [-0.25, -0.2) is 15.0 Å². The maximum Gasteiger partial charge on any atom is 0.222 e. The number of aryl methyl sites for hydroxylation is 2. The number of anilines is 4. The summed E-state index contributed by atoms with van der Waals surface area (Å²) in [7, 11) is 0. The van der Waals surface area contributed by atoms with Gasteiger partial charge >= 0.3 is 0 Å². The molecule has 0 amide bonds. The number of nitrogen functional groups attached to an aromatic ring is 1. The van der Waals surface area contributed by atoms with E-state index < -0.39 is 6.10 Å². The molecule has 0 spiro atoms. The summed E-state index contributed by atoms with van der Waals surface area (Å²) in [6, 6.07) is 12.0. The Morgan fingerprint density at radius 3 is 2.55 bits per heavy atom. The van der Waals surface area contributed by atoms with Crippen molar-refractivity contribution in [1.29, 1.82) is 0 Å². The number of halogens is 1. The first kappa shape index (κ1) is 22.7. The molecule has 4 aromatic rings. The number of rotatable bonds is 7. The van der Waals surface area contributed by atoms with E-state index in [1.165, 1.54) is 0 Å². The molecule has 0 bridgehead atoms. The molecule has 1 atom stereocenters. The van der Waals surface area contributed by atoms with Gasteiger partial charge in [0.1, 0.15) is 10.8 Å². The molecule has 0 saturated heterocycles. The zero-order valence-electron chi connectivity index (χ0n) is 18.3. The highest BCUT2D eigenvalue weighted by atomic mass is 35.5. The summed E-state index contributed by atoms with van der Waals surface area (Å²) < 4.78 is 0. The Balaban J connectivity index is 1.71. The lowest BCUT2D eigenvalue weighted by molar-refractivity contribution is 0.105. The van der Waals surface area contributed by atoms with Crippen molar-refractivity contribution in [2.24, 2.45) is 0 Å². The summed E-state index contributed by atoms with van der Waals surface area (Å²) in [5.41, 5.74) is 12.3. The third kappa shape index (κ3) is 4.98. The molecule has 2 aromatic heterocycles. The van der Waals surface area contributed by atoms with Gasteiger partial charge in [-0.3, -0.25) is 0 Å². The van der Waals surface area contributed by atoms with Gasteiger partial charge in [-0.1, -0.05) is 29.8 Å². The normalized spacial score (nSPS) is 12.0. The number of nitrogens with one attached hydrogen (secondary N) is 2. The number of hydrogen-bond donors (Lipinski definition) is 5. The molecule has 0 aliphatic heterocycles. The SMILES string of the molecule is Cc1ccc(C)c(Nc2c(Cl)c(N)nc3ccc(-c4cnc(NCC(O)CO)nc4)cc23)c1. The summed E-state index contributed by atoms with van der Waals surface area (Å²) in [6.07, 6.45) is 2.50. The Labute approximate surface area is 196 Å². The summed E-state index contributed by atoms with van der Waals surface area (Å²) in [6.45, 7) is 3.89. The van der Waals surface area contributed by atoms with Crippen molar-refractivity contribution < 1.29 is 10.2 Å². The molecule has 1 unspecified atom stereocenters. The number of fused-ring (bicyclic) bond motifs is 1. The predicted molar refractivity (Wildman–Crippen MR) is 133 cm³/mol. The number of nitrogens with two attached hydrogens (primary N) is 1. The fraction of sp³-hybridized carbons (Fsp3) is 0.208. The minimum absolute atomic E-state index is 0.158. The van der Waals surface area contributed by atoms with Crippen LogP contribution >= 0.6 is 11.6 Å². The van der Waals surface area contributed by atoms with Crippen LogP contribution in [0.4, 0.5) is 23.1 Å². The van der Waals surface area contributed by atoms with Gasteiger partial charge in [-0.15, -0.1) is 0 Å². The largest absolute Gasteiger partial charge is 0.394 e. The van der Waals surface area contributed by atoms with Crippen molar-refractivity contribution in [3.05, 3.63) is 64.9 Å². The molecule has 0 saturated carbocycles. The maximum atomic E-state index is 9.46. The van der Waals surface area contributed by atoms with E-state index in [0.717, 1.165) is 33.3 Å². The minimum atomic E-state index is -0.874. The molecule has 33 heavy (non-hydrogen) atoms. The first-order valence-electron chi connectivity index (χ1n) is 10.4. The smallest absolute Gasteiger partial charge is 0.222 e. The van der Waals surface area contributed by atoms with Gasteiger partial charge in [-0.05, 0) is 48.7 Å². The van der Waals surface area contributed by atoms with E-state index in [1.807, 2.05) is 32.0 Å². The summed E-state index contributed by atoms with van der Waals surface area (Å²) in [5.74, 6) is 0.621. The topological polar surface area (TPSA) is 129 Å². The third-order valence-corrected chi connectivity index (χ3v) is 5.68. The molecular weight excluding hydrogens is 440 g/mol. The molecule has 170 valence electrons. The van der Waals surface area contributed by atoms with E-state index in [-0.39, 0.29) is 19.0 Å². The summed E-state index contributed by atoms with van der Waals surface area (Å²) in [5, 5.41) is 25.9. The van der Waals surface area contributed by atoms with Crippen molar-refractivity contribution in [2.75, 3.05) is 29.5 Å². The average molecular weight is 465 g/mol. The lowest BCUT2D eigenvalue weighted by Crippen LogP contribution is -2.23. The van der Waals surface area contributed by atoms with Gasteiger partial charge in [-0.2, -0.15) is 0 Å². The zero-order valence-corrected chi connectivity index (χ0v) is 19.1. The minimum Gasteiger partial charge on any atom is -0.394 e. The van der Waals surface area contributed by atoms with E-state index in [4.69, 9.17) is 22.4 Å². The molecule has 6 N–H and O–H groups in total. The number of benzene rings is 2. The Bertz CT molecular complexity index is 1300. The van der Waals surface area contributed by atoms with Crippen molar-refractivity contribution in [1.82, 2.24) is 15.0 Å². The summed E-state index contributed by atoms with van der Waals surface area (Å²) in [4.78, 5) is 13.0. The van der Waals surface area contributed by atoms with Crippen molar-refractivity contribution in [3.8, 4) is 11.1 Å². The van der Waals surface area contributed by atoms with Crippen LogP contribution in [-0.4, -0.2) is 44.4 Å². The van der Waals surface area contributed by atoms with E-state index in [1.54, 1.807) is 12.4 Å². The molecular formula is C24H25ClN6O2. The molecule has 0 radical (unpaired) electrons. The van der Waals surface area contributed by atoms with Crippen LogP contribution in [0, 0.1) is 13.8 Å². The Morgan fingerprint density at radius 2 is 1.82 bits per heavy atom. The molecule has 2 heterocycles. The monoisotopic (exact) mass is 464 g/mol. The number of nitrogens with zero attached hydrogens (tertiary/aromatic N) is 3. The highest BCUT2D eigenvalue weighted by Crippen LogP contribution is 2.38. The van der Waals surface area contributed by atoms with Gasteiger partial charge in [0.05, 0.1) is 23.9 Å². The standard InChI is InChI=1S/C24H25ClN6O2/c1-13-3-4-14(2)20(7-13)30-22-18-8-15(5-6-19(18)31-23(26)21(22)25)16-9-27-24(28-10-16)29-11-17(33)12-32/h3-10,17,32-33H,11-12H2,1-2H3,(H3,26,30,31)(H,27,28,29). The van der Waals surface area contributed by atoms with Crippen molar-refractivity contribution >= 4 is 45.6 Å². The summed E-state index contributed by atoms with van der Waals surface area (Å²) >= 11 is 6.58. The van der Waals surface area contributed by atoms with Gasteiger partial charge in [0.2, 0.25) is 5.95 Å². The second-order valence-electron chi connectivity index (χ2n) is 7.87. The molecule has 2 aromatic carbocycles. The zero-order chi connectivity index (χ0) is 23.5. The van der Waals surface area contributed by atoms with Crippen LogP contribution in [0.1, 0.15) is 11.1 Å². The second-order valence-corrected chi connectivity index (χ2v) is 8.25. The lowest BCUT2D eigenvalue weighted by Gasteiger charge is -2.16. The Kier molecular flexibility index (Phi) is 6.60. The first-order chi connectivity index (χ1) is 15.9. The van der Waals surface area contributed by atoms with Crippen LogP contribution in [0.5, 0.6) is 0 Å². The lowest BCUT2D eigenvalue weighted by atomic mass is 10.0. The second kappa shape index (κ2) is 9.58.